The lowest BCUT2D eigenvalue weighted by Gasteiger charge is -2.10. The fourth-order valence-electron chi connectivity index (χ4n) is 2.94. The second-order valence-corrected chi connectivity index (χ2v) is 6.91. The second-order valence-electron chi connectivity index (χ2n) is 6.50. The molecule has 0 aliphatic heterocycles. The van der Waals surface area contributed by atoms with E-state index in [1.165, 1.54) is 11.1 Å². The van der Waals surface area contributed by atoms with Gasteiger partial charge in [-0.1, -0.05) is 13.0 Å². The van der Waals surface area contributed by atoms with Crippen LogP contribution in [0.4, 0.5) is 17.1 Å². The Labute approximate surface area is 173 Å². The molecule has 1 N–H and O–H groups in total. The second kappa shape index (κ2) is 12.0. The highest BCUT2D eigenvalue weighted by Gasteiger charge is 2.10. The fraction of sp³-hybridized carbons (Fsp3) is 0.381. The number of nitrogens with one attached hydrogen (secondary N) is 1. The van der Waals surface area contributed by atoms with E-state index in [1.807, 2.05) is 6.07 Å². The van der Waals surface area contributed by atoms with Crippen molar-refractivity contribution < 1.29 is 9.50 Å². The summed E-state index contributed by atoms with van der Waals surface area (Å²) in [5, 5.41) is 6.01. The van der Waals surface area contributed by atoms with Gasteiger partial charge >= 0.3 is 0 Å². The van der Waals surface area contributed by atoms with E-state index in [9.17, 15) is 9.81 Å². The highest BCUT2D eigenvalue weighted by Crippen LogP contribution is 2.29. The number of rotatable bonds is 13. The average Bonchev–Trinajstić information content (AvgIpc) is 2.76. The maximum Gasteiger partial charge on any atom is 0.209 e. The molecule has 0 amide bonds. The van der Waals surface area contributed by atoms with E-state index < -0.39 is 0 Å². The molecule has 0 radical (unpaired) electrons. The van der Waals surface area contributed by atoms with E-state index in [1.54, 1.807) is 18.2 Å². The molecule has 1 unspecified atom stereocenters. The average molecular weight is 415 g/mol. The normalized spacial score (nSPS) is 10.4. The molecule has 0 aliphatic carbocycles. The molecule has 2 aromatic rings. The largest absolute Gasteiger partial charge is 0.493 e. The van der Waals surface area contributed by atoms with Crippen molar-refractivity contribution in [2.45, 2.75) is 25.9 Å². The van der Waals surface area contributed by atoms with Crippen LogP contribution in [-0.4, -0.2) is 37.7 Å². The Morgan fingerprint density at radius 2 is 2.00 bits per heavy atom. The Balaban J connectivity index is 1.70. The zero-order chi connectivity index (χ0) is 21.1. The molecule has 0 saturated carbocycles. The van der Waals surface area contributed by atoms with Crippen molar-refractivity contribution in [2.24, 2.45) is 10.2 Å². The van der Waals surface area contributed by atoms with Gasteiger partial charge in [0.1, 0.15) is 11.4 Å². The highest BCUT2D eigenvalue weighted by atomic mass is 31.0. The van der Waals surface area contributed by atoms with Crippen molar-refractivity contribution in [3.8, 4) is 5.75 Å². The zero-order valence-corrected chi connectivity index (χ0v) is 17.9. The molecule has 29 heavy (non-hydrogen) atoms. The molecule has 1 atom stereocenters. The topological polar surface area (TPSA) is 83.1 Å². The predicted molar refractivity (Wildman–Crippen MR) is 122 cm³/mol. The first-order valence-electron chi connectivity index (χ1n) is 9.66. The minimum absolute atomic E-state index is 0.290. The maximum atomic E-state index is 12.0. The summed E-state index contributed by atoms with van der Waals surface area (Å²) in [5.41, 5.74) is 4.14. The number of hydrogen-bond acceptors (Lipinski definition) is 6. The smallest absolute Gasteiger partial charge is 0.209 e. The summed E-state index contributed by atoms with van der Waals surface area (Å²) < 4.78 is 6.79. The number of anilines is 1. The maximum absolute atomic E-state index is 12.0. The molecular weight excluding hydrogens is 387 g/mol. The monoisotopic (exact) mass is 415 g/mol. The standard InChI is InChI=1S/C21H27N4O3P/c1-3-16-13-19(7-5-17(16)15-29)28-12-4-10-25(27)11-9-23-20-8-6-18(24-26)14-21(20)22-2/h5-8,13-14H,2-4,9-12,15,29H2,1H3/p+1. The SMILES string of the molecule is C=Nc1cc(N=O)ccc1NCC[N+](=O)CCCOc1ccc(CP)c(CC)c1. The van der Waals surface area contributed by atoms with Crippen LogP contribution in [0.5, 0.6) is 5.75 Å². The van der Waals surface area contributed by atoms with E-state index in [4.69, 9.17) is 4.74 Å². The molecule has 2 aromatic carbocycles. The van der Waals surface area contributed by atoms with Crippen molar-refractivity contribution >= 4 is 33.0 Å². The molecule has 0 saturated heterocycles. The summed E-state index contributed by atoms with van der Waals surface area (Å²) in [7, 11) is 2.75. The van der Waals surface area contributed by atoms with E-state index in [2.05, 4.69) is 50.5 Å². The lowest BCUT2D eigenvalue weighted by molar-refractivity contribution is -0.546. The molecule has 0 aliphatic rings. The van der Waals surface area contributed by atoms with Gasteiger partial charge in [0.15, 0.2) is 6.54 Å². The number of benzene rings is 2. The van der Waals surface area contributed by atoms with Crippen molar-refractivity contribution in [1.29, 1.82) is 0 Å². The molecule has 0 heterocycles. The van der Waals surface area contributed by atoms with E-state index in [0.29, 0.717) is 44.0 Å². The Morgan fingerprint density at radius 1 is 1.17 bits per heavy atom. The number of nitroso groups, excluding NO2 is 2. The van der Waals surface area contributed by atoms with Gasteiger partial charge in [0.05, 0.1) is 24.5 Å². The molecule has 154 valence electrons. The Bertz CT molecular complexity index is 858. The van der Waals surface area contributed by atoms with Crippen LogP contribution in [0, 0.1) is 9.81 Å². The van der Waals surface area contributed by atoms with E-state index >= 15 is 0 Å². The fourth-order valence-corrected chi connectivity index (χ4v) is 3.33. The molecule has 8 heteroatoms. The van der Waals surface area contributed by atoms with Gasteiger partial charge in [-0.25, -0.2) is 0 Å². The summed E-state index contributed by atoms with van der Waals surface area (Å²) in [6.45, 7) is 7.30. The molecule has 2 rings (SSSR count). The third-order valence-electron chi connectivity index (χ3n) is 4.53. The molecule has 7 nitrogen and oxygen atoms in total. The van der Waals surface area contributed by atoms with Gasteiger partial charge in [-0.05, 0) is 70.7 Å². The first kappa shape index (κ1) is 22.6. The van der Waals surface area contributed by atoms with Crippen molar-refractivity contribution in [1.82, 2.24) is 0 Å². The number of nitrogens with zero attached hydrogens (tertiary/aromatic N) is 3. The highest BCUT2D eigenvalue weighted by molar-refractivity contribution is 7.15. The van der Waals surface area contributed by atoms with Crippen LogP contribution in [0.3, 0.4) is 0 Å². The summed E-state index contributed by atoms with van der Waals surface area (Å²) in [6.07, 6.45) is 2.56. The van der Waals surface area contributed by atoms with Crippen molar-refractivity contribution in [2.75, 3.05) is 31.6 Å². The molecule has 0 spiro atoms. The van der Waals surface area contributed by atoms with Crippen LogP contribution in [0.15, 0.2) is 46.6 Å². The van der Waals surface area contributed by atoms with Gasteiger partial charge in [-0.15, -0.1) is 14.1 Å². The number of ether oxygens (including phenoxy) is 1. The lowest BCUT2D eigenvalue weighted by Crippen LogP contribution is -2.20. The van der Waals surface area contributed by atoms with Crippen molar-refractivity contribution in [3.63, 3.8) is 0 Å². The number of aryl methyl sites for hydroxylation is 1. The third kappa shape index (κ3) is 7.02. The van der Waals surface area contributed by atoms with Crippen LogP contribution >= 0.6 is 9.24 Å². The summed E-state index contributed by atoms with van der Waals surface area (Å²) in [6, 6.07) is 11.0. The van der Waals surface area contributed by atoms with Crippen LogP contribution in [0.2, 0.25) is 0 Å². The predicted octanol–water partition coefficient (Wildman–Crippen LogP) is 5.01. The van der Waals surface area contributed by atoms with Gasteiger partial charge in [0.25, 0.3) is 0 Å². The van der Waals surface area contributed by atoms with Crippen LogP contribution in [-0.2, 0) is 12.6 Å². The molecule has 0 aromatic heterocycles. The van der Waals surface area contributed by atoms with Crippen LogP contribution in [0.25, 0.3) is 0 Å². The summed E-state index contributed by atoms with van der Waals surface area (Å²) >= 11 is 0. The van der Waals surface area contributed by atoms with Crippen LogP contribution < -0.4 is 10.1 Å². The molecule has 0 fully saturated rings. The van der Waals surface area contributed by atoms with Gasteiger partial charge in [-0.2, -0.15) is 0 Å². The Kier molecular flexibility index (Phi) is 9.38. The van der Waals surface area contributed by atoms with Gasteiger partial charge in [0, 0.05) is 11.3 Å². The zero-order valence-electron chi connectivity index (χ0n) is 16.8. The van der Waals surface area contributed by atoms with Gasteiger partial charge in [0.2, 0.25) is 6.54 Å². The van der Waals surface area contributed by atoms with E-state index in [-0.39, 0.29) is 5.69 Å². The number of aliphatic imine (C=N–C) groups is 1. The Hall–Kier alpha value is -2.66. The van der Waals surface area contributed by atoms with Crippen molar-refractivity contribution in [3.05, 3.63) is 57.3 Å². The first-order chi connectivity index (χ1) is 14.1. The molecular formula is C21H28N4O3P+. The minimum Gasteiger partial charge on any atom is -0.493 e. The number of hydrogen-bond donors (Lipinski definition) is 1. The minimum atomic E-state index is 0.290. The summed E-state index contributed by atoms with van der Waals surface area (Å²) in [4.78, 5) is 26.5. The van der Waals surface area contributed by atoms with E-state index in [0.717, 1.165) is 23.1 Å². The van der Waals surface area contributed by atoms with Gasteiger partial charge < -0.3 is 10.1 Å². The summed E-state index contributed by atoms with van der Waals surface area (Å²) in [5.74, 6) is 0.848. The molecule has 0 bridgehead atoms. The quantitative estimate of drug-likeness (QED) is 0.164. The Morgan fingerprint density at radius 3 is 2.69 bits per heavy atom. The van der Waals surface area contributed by atoms with Crippen LogP contribution in [0.1, 0.15) is 24.5 Å². The first-order valence-corrected chi connectivity index (χ1v) is 10.5. The third-order valence-corrected chi connectivity index (χ3v) is 4.97. The lowest BCUT2D eigenvalue weighted by atomic mass is 10.1. The van der Waals surface area contributed by atoms with Gasteiger partial charge in [-0.3, -0.25) is 4.99 Å².